The maximum absolute atomic E-state index is 12.3. The van der Waals surface area contributed by atoms with Gasteiger partial charge in [-0.15, -0.1) is 0 Å². The average molecular weight is 290 g/mol. The molecule has 0 saturated heterocycles. The molecule has 0 aliphatic rings. The van der Waals surface area contributed by atoms with Crippen molar-refractivity contribution in [2.24, 2.45) is 0 Å². The van der Waals surface area contributed by atoms with E-state index in [1.807, 2.05) is 32.0 Å². The van der Waals surface area contributed by atoms with Crippen LogP contribution >= 0.6 is 0 Å². The summed E-state index contributed by atoms with van der Waals surface area (Å²) in [5.41, 5.74) is 0.761. The van der Waals surface area contributed by atoms with Gasteiger partial charge in [0.05, 0.1) is 19.3 Å². The second-order valence-electron chi connectivity index (χ2n) is 5.56. The molecule has 0 bridgehead atoms. The summed E-state index contributed by atoms with van der Waals surface area (Å²) >= 11 is 0. The van der Waals surface area contributed by atoms with Crippen LogP contribution in [0.3, 0.4) is 0 Å². The summed E-state index contributed by atoms with van der Waals surface area (Å²) in [5.74, 6) is 0.537. The smallest absolute Gasteiger partial charge is 0.268 e. The fourth-order valence-corrected chi connectivity index (χ4v) is 2.43. The number of methoxy groups -OCH3 is 1. The van der Waals surface area contributed by atoms with Crippen LogP contribution < -0.4 is 10.1 Å². The van der Waals surface area contributed by atoms with E-state index in [0.717, 1.165) is 29.5 Å². The molecule has 0 aliphatic heterocycles. The number of aromatic nitrogens is 1. The third-order valence-corrected chi connectivity index (χ3v) is 3.64. The van der Waals surface area contributed by atoms with E-state index in [9.17, 15) is 9.90 Å². The van der Waals surface area contributed by atoms with Crippen molar-refractivity contribution in [3.8, 4) is 5.75 Å². The van der Waals surface area contributed by atoms with Crippen molar-refractivity contribution in [1.29, 1.82) is 0 Å². The molecule has 1 aromatic heterocycles. The molecular weight excluding hydrogens is 268 g/mol. The van der Waals surface area contributed by atoms with Crippen molar-refractivity contribution in [3.05, 3.63) is 30.0 Å². The molecule has 5 heteroatoms. The molecule has 0 unspecified atom stereocenters. The van der Waals surface area contributed by atoms with Crippen LogP contribution in [0.4, 0.5) is 0 Å². The quantitative estimate of drug-likeness (QED) is 0.765. The molecule has 2 rings (SSSR count). The fourth-order valence-electron chi connectivity index (χ4n) is 2.43. The van der Waals surface area contributed by atoms with Gasteiger partial charge >= 0.3 is 0 Å². The van der Waals surface area contributed by atoms with Gasteiger partial charge in [-0.3, -0.25) is 4.79 Å². The number of aromatic amines is 1. The van der Waals surface area contributed by atoms with E-state index in [1.54, 1.807) is 13.2 Å². The van der Waals surface area contributed by atoms with Crippen LogP contribution in [-0.4, -0.2) is 35.3 Å². The molecule has 1 aromatic carbocycles. The lowest BCUT2D eigenvalue weighted by Crippen LogP contribution is -2.48. The van der Waals surface area contributed by atoms with Gasteiger partial charge in [0.15, 0.2) is 0 Å². The van der Waals surface area contributed by atoms with Gasteiger partial charge in [0.1, 0.15) is 11.4 Å². The molecular formula is C16H22N2O3. The predicted molar refractivity (Wildman–Crippen MR) is 82.7 cm³/mol. The average Bonchev–Trinajstić information content (AvgIpc) is 2.90. The summed E-state index contributed by atoms with van der Waals surface area (Å²) in [6.45, 7) is 3.79. The van der Waals surface area contributed by atoms with E-state index in [2.05, 4.69) is 10.3 Å². The van der Waals surface area contributed by atoms with Crippen LogP contribution in [0.5, 0.6) is 5.75 Å². The lowest BCUT2D eigenvalue weighted by atomic mass is 9.97. The van der Waals surface area contributed by atoms with E-state index < -0.39 is 5.54 Å². The minimum Gasteiger partial charge on any atom is -0.497 e. The minimum atomic E-state index is -0.596. The standard InChI is InChI=1S/C16H22N2O3/c1-4-7-16(2,10-19)18-15(20)14-9-11-8-12(21-3)5-6-13(11)17-14/h5-6,8-9,17,19H,4,7,10H2,1-3H3,(H,18,20)/t16-/m1/s1. The fraction of sp³-hybridized carbons (Fsp3) is 0.438. The van der Waals surface area contributed by atoms with Crippen molar-refractivity contribution in [2.75, 3.05) is 13.7 Å². The van der Waals surface area contributed by atoms with Gasteiger partial charge in [0.25, 0.3) is 5.91 Å². The Hall–Kier alpha value is -2.01. The molecule has 21 heavy (non-hydrogen) atoms. The molecule has 1 heterocycles. The van der Waals surface area contributed by atoms with E-state index in [1.165, 1.54) is 0 Å². The molecule has 2 aromatic rings. The van der Waals surface area contributed by atoms with E-state index >= 15 is 0 Å². The molecule has 0 spiro atoms. The van der Waals surface area contributed by atoms with Gasteiger partial charge in [-0.05, 0) is 37.6 Å². The number of aliphatic hydroxyl groups excluding tert-OH is 1. The normalized spacial score (nSPS) is 13.9. The SMILES string of the molecule is CCC[C@](C)(CO)NC(=O)c1cc2cc(OC)ccc2[nH]1. The Morgan fingerprint density at radius 3 is 2.81 bits per heavy atom. The summed E-state index contributed by atoms with van der Waals surface area (Å²) in [6.07, 6.45) is 1.62. The number of amides is 1. The number of carbonyl (C=O) groups is 1. The van der Waals surface area contributed by atoms with Gasteiger partial charge in [-0.25, -0.2) is 0 Å². The number of ether oxygens (including phenoxy) is 1. The number of hydrogen-bond donors (Lipinski definition) is 3. The molecule has 114 valence electrons. The van der Waals surface area contributed by atoms with E-state index in [-0.39, 0.29) is 12.5 Å². The molecule has 3 N–H and O–H groups in total. The van der Waals surface area contributed by atoms with Gasteiger partial charge in [-0.1, -0.05) is 13.3 Å². The Kier molecular flexibility index (Phi) is 4.53. The first-order valence-electron chi connectivity index (χ1n) is 7.11. The molecule has 0 radical (unpaired) electrons. The number of fused-ring (bicyclic) bond motifs is 1. The first kappa shape index (κ1) is 15.4. The highest BCUT2D eigenvalue weighted by Crippen LogP contribution is 2.22. The van der Waals surface area contributed by atoms with Gasteiger partial charge in [0.2, 0.25) is 0 Å². The zero-order chi connectivity index (χ0) is 15.5. The molecule has 0 aliphatic carbocycles. The number of carbonyl (C=O) groups excluding carboxylic acids is 1. The molecule has 1 amide bonds. The summed E-state index contributed by atoms with van der Waals surface area (Å²) in [4.78, 5) is 15.4. The summed E-state index contributed by atoms with van der Waals surface area (Å²) in [5, 5.41) is 13.3. The van der Waals surface area contributed by atoms with E-state index in [0.29, 0.717) is 5.69 Å². The topological polar surface area (TPSA) is 74.3 Å². The van der Waals surface area contributed by atoms with Crippen molar-refractivity contribution in [2.45, 2.75) is 32.2 Å². The van der Waals surface area contributed by atoms with Crippen LogP contribution in [0.25, 0.3) is 10.9 Å². The highest BCUT2D eigenvalue weighted by atomic mass is 16.5. The van der Waals surface area contributed by atoms with Crippen molar-refractivity contribution >= 4 is 16.8 Å². The highest BCUT2D eigenvalue weighted by molar-refractivity contribution is 5.98. The monoisotopic (exact) mass is 290 g/mol. The van der Waals surface area contributed by atoms with Gasteiger partial charge < -0.3 is 20.1 Å². The van der Waals surface area contributed by atoms with Crippen molar-refractivity contribution in [1.82, 2.24) is 10.3 Å². The Labute approximate surface area is 124 Å². The summed E-state index contributed by atoms with van der Waals surface area (Å²) in [7, 11) is 1.61. The van der Waals surface area contributed by atoms with E-state index in [4.69, 9.17) is 4.74 Å². The first-order chi connectivity index (χ1) is 10.0. The van der Waals surface area contributed by atoms with Crippen molar-refractivity contribution in [3.63, 3.8) is 0 Å². The van der Waals surface area contributed by atoms with Crippen LogP contribution in [-0.2, 0) is 0 Å². The second kappa shape index (κ2) is 6.18. The molecule has 0 saturated carbocycles. The highest BCUT2D eigenvalue weighted by Gasteiger charge is 2.25. The Morgan fingerprint density at radius 1 is 1.43 bits per heavy atom. The zero-order valence-corrected chi connectivity index (χ0v) is 12.7. The Balaban J connectivity index is 2.23. The summed E-state index contributed by atoms with van der Waals surface area (Å²) < 4.78 is 5.17. The van der Waals surface area contributed by atoms with Crippen LogP contribution in [0.2, 0.25) is 0 Å². The predicted octanol–water partition coefficient (Wildman–Crippen LogP) is 2.46. The van der Waals surface area contributed by atoms with Gasteiger partial charge in [0, 0.05) is 10.9 Å². The van der Waals surface area contributed by atoms with Crippen LogP contribution in [0, 0.1) is 0 Å². The molecule has 0 fully saturated rings. The molecule has 5 nitrogen and oxygen atoms in total. The third kappa shape index (κ3) is 3.36. The Bertz CT molecular complexity index is 635. The van der Waals surface area contributed by atoms with Crippen molar-refractivity contribution < 1.29 is 14.6 Å². The number of nitrogens with one attached hydrogen (secondary N) is 2. The Morgan fingerprint density at radius 2 is 2.19 bits per heavy atom. The number of rotatable bonds is 6. The number of benzene rings is 1. The lowest BCUT2D eigenvalue weighted by molar-refractivity contribution is 0.0836. The third-order valence-electron chi connectivity index (χ3n) is 3.64. The maximum atomic E-state index is 12.3. The second-order valence-corrected chi connectivity index (χ2v) is 5.56. The zero-order valence-electron chi connectivity index (χ0n) is 12.7. The first-order valence-corrected chi connectivity index (χ1v) is 7.11. The number of aliphatic hydroxyl groups is 1. The minimum absolute atomic E-state index is 0.0827. The number of H-pyrrole nitrogens is 1. The summed E-state index contributed by atoms with van der Waals surface area (Å²) in [6, 6.07) is 7.38. The lowest BCUT2D eigenvalue weighted by Gasteiger charge is -2.28. The molecule has 1 atom stereocenters. The maximum Gasteiger partial charge on any atom is 0.268 e. The largest absolute Gasteiger partial charge is 0.497 e. The van der Waals surface area contributed by atoms with Gasteiger partial charge in [-0.2, -0.15) is 0 Å². The van der Waals surface area contributed by atoms with Crippen LogP contribution in [0.1, 0.15) is 37.2 Å². The number of hydrogen-bond acceptors (Lipinski definition) is 3. The van der Waals surface area contributed by atoms with Crippen LogP contribution in [0.15, 0.2) is 24.3 Å².